The van der Waals surface area contributed by atoms with Crippen LogP contribution < -0.4 is 5.32 Å². The summed E-state index contributed by atoms with van der Waals surface area (Å²) in [6, 6.07) is 1.92. The summed E-state index contributed by atoms with van der Waals surface area (Å²) in [6.45, 7) is 3.86. The number of nitrogens with zero attached hydrogens (tertiary/aromatic N) is 5. The van der Waals surface area contributed by atoms with Crippen molar-refractivity contribution in [3.05, 3.63) is 34.9 Å². The molecule has 0 fully saturated rings. The van der Waals surface area contributed by atoms with Crippen LogP contribution in [0.4, 0.5) is 5.13 Å². The summed E-state index contributed by atoms with van der Waals surface area (Å²) in [4.78, 5) is 24.5. The van der Waals surface area contributed by atoms with Gasteiger partial charge in [-0.3, -0.25) is 4.79 Å². The van der Waals surface area contributed by atoms with Gasteiger partial charge in [0.15, 0.2) is 10.3 Å². The van der Waals surface area contributed by atoms with Gasteiger partial charge < -0.3 is 9.73 Å². The second kappa shape index (κ2) is 8.41. The molecule has 0 spiro atoms. The largest absolute Gasteiger partial charge is 0.415 e. The van der Waals surface area contributed by atoms with Crippen molar-refractivity contribution in [2.45, 2.75) is 30.0 Å². The van der Waals surface area contributed by atoms with Crippen LogP contribution in [0.5, 0.6) is 0 Å². The van der Waals surface area contributed by atoms with E-state index in [0.717, 1.165) is 11.4 Å². The van der Waals surface area contributed by atoms with Gasteiger partial charge in [-0.25, -0.2) is 15.0 Å². The summed E-state index contributed by atoms with van der Waals surface area (Å²) in [7, 11) is 0. The number of nitrogens with one attached hydrogen (secondary N) is 1. The van der Waals surface area contributed by atoms with Crippen LogP contribution in [0.15, 0.2) is 32.4 Å². The molecule has 0 aliphatic heterocycles. The molecule has 0 saturated heterocycles. The van der Waals surface area contributed by atoms with Gasteiger partial charge in [0.1, 0.15) is 0 Å². The molecule has 0 radical (unpaired) electrons. The molecule has 0 aliphatic rings. The third-order valence-corrected chi connectivity index (χ3v) is 5.08. The zero-order valence-electron chi connectivity index (χ0n) is 13.4. The highest BCUT2D eigenvalue weighted by molar-refractivity contribution is 7.99. The van der Waals surface area contributed by atoms with E-state index in [-0.39, 0.29) is 11.7 Å². The molecule has 25 heavy (non-hydrogen) atoms. The molecule has 0 bridgehead atoms. The summed E-state index contributed by atoms with van der Waals surface area (Å²) in [5.74, 6) is 0.948. The second-order valence-electron chi connectivity index (χ2n) is 4.86. The van der Waals surface area contributed by atoms with Crippen molar-refractivity contribution in [3.8, 4) is 0 Å². The van der Waals surface area contributed by atoms with E-state index in [9.17, 15) is 4.79 Å². The van der Waals surface area contributed by atoms with Crippen LogP contribution in [0.25, 0.3) is 0 Å². The Kier molecular flexibility index (Phi) is 6.00. The molecule has 0 aromatic carbocycles. The number of aromatic nitrogens is 5. The standard InChI is InChI=1S/C14H14N6O2S3/c1-8-5-9(2)17-13(16-8)24-7-11-19-20-14(22-11)25-6-10(21)18-12-15-3-4-23-12/h3-5H,6-7H2,1-2H3,(H,15,18,21). The smallest absolute Gasteiger partial charge is 0.277 e. The average molecular weight is 395 g/mol. The van der Waals surface area contributed by atoms with Crippen molar-refractivity contribution in [1.29, 1.82) is 0 Å². The van der Waals surface area contributed by atoms with Crippen molar-refractivity contribution < 1.29 is 9.21 Å². The van der Waals surface area contributed by atoms with Crippen LogP contribution in [0, 0.1) is 13.8 Å². The van der Waals surface area contributed by atoms with Crippen molar-refractivity contribution >= 4 is 45.9 Å². The van der Waals surface area contributed by atoms with E-state index in [2.05, 4.69) is 30.5 Å². The van der Waals surface area contributed by atoms with Gasteiger partial charge in [-0.2, -0.15) is 0 Å². The molecule has 11 heteroatoms. The lowest BCUT2D eigenvalue weighted by atomic mass is 10.4. The number of hydrogen-bond acceptors (Lipinski definition) is 10. The van der Waals surface area contributed by atoms with Crippen LogP contribution in [-0.2, 0) is 10.5 Å². The number of thiazole rings is 1. The normalized spacial score (nSPS) is 10.8. The van der Waals surface area contributed by atoms with Crippen LogP contribution >= 0.6 is 34.9 Å². The first-order valence-electron chi connectivity index (χ1n) is 7.18. The summed E-state index contributed by atoms with van der Waals surface area (Å²) >= 11 is 3.98. The minimum atomic E-state index is -0.169. The van der Waals surface area contributed by atoms with Crippen molar-refractivity contribution in [1.82, 2.24) is 25.1 Å². The third kappa shape index (κ3) is 5.51. The Hall–Kier alpha value is -1.98. The molecule has 1 N–H and O–H groups in total. The first kappa shape index (κ1) is 17.8. The Balaban J connectivity index is 1.47. The summed E-state index contributed by atoms with van der Waals surface area (Å²) in [6.07, 6.45) is 1.63. The highest BCUT2D eigenvalue weighted by Crippen LogP contribution is 2.22. The van der Waals surface area contributed by atoms with Crippen molar-refractivity contribution in [3.63, 3.8) is 0 Å². The molecule has 0 aliphatic carbocycles. The van der Waals surface area contributed by atoms with Crippen LogP contribution in [-0.4, -0.2) is 36.8 Å². The molecular formula is C14H14N6O2S3. The maximum atomic E-state index is 11.8. The zero-order valence-corrected chi connectivity index (χ0v) is 15.9. The lowest BCUT2D eigenvalue weighted by Gasteiger charge is -2.00. The SMILES string of the molecule is Cc1cc(C)nc(SCc2nnc(SCC(=O)Nc3nccs3)o2)n1. The van der Waals surface area contributed by atoms with Gasteiger partial charge in [-0.15, -0.1) is 21.5 Å². The minimum absolute atomic E-state index is 0.169. The summed E-state index contributed by atoms with van der Waals surface area (Å²) in [5, 5.41) is 14.0. The van der Waals surface area contributed by atoms with Crippen LogP contribution in [0.2, 0.25) is 0 Å². The maximum Gasteiger partial charge on any atom is 0.277 e. The predicted molar refractivity (Wildman–Crippen MR) is 96.8 cm³/mol. The first-order valence-corrected chi connectivity index (χ1v) is 10.0. The van der Waals surface area contributed by atoms with Crippen molar-refractivity contribution in [2.75, 3.05) is 11.1 Å². The van der Waals surface area contributed by atoms with E-state index in [1.54, 1.807) is 11.6 Å². The quantitative estimate of drug-likeness (QED) is 0.478. The number of anilines is 1. The molecule has 3 heterocycles. The number of thioether (sulfide) groups is 2. The zero-order chi connectivity index (χ0) is 17.6. The Morgan fingerprint density at radius 2 is 2.04 bits per heavy atom. The van der Waals surface area contributed by atoms with Gasteiger partial charge in [-0.1, -0.05) is 23.5 Å². The molecule has 3 aromatic rings. The molecule has 8 nitrogen and oxygen atoms in total. The number of rotatable bonds is 7. The van der Waals surface area contributed by atoms with E-state index in [4.69, 9.17) is 4.42 Å². The lowest BCUT2D eigenvalue weighted by molar-refractivity contribution is -0.113. The van der Waals surface area contributed by atoms with Gasteiger partial charge in [0.05, 0.1) is 11.5 Å². The van der Waals surface area contributed by atoms with E-state index in [1.165, 1.54) is 34.9 Å². The van der Waals surface area contributed by atoms with E-state index >= 15 is 0 Å². The average Bonchev–Trinajstić information content (AvgIpc) is 3.22. The Morgan fingerprint density at radius 1 is 1.24 bits per heavy atom. The van der Waals surface area contributed by atoms with E-state index in [1.807, 2.05) is 19.9 Å². The van der Waals surface area contributed by atoms with Crippen LogP contribution in [0.1, 0.15) is 17.3 Å². The number of amides is 1. The minimum Gasteiger partial charge on any atom is -0.415 e. The van der Waals surface area contributed by atoms with Gasteiger partial charge in [0.25, 0.3) is 5.22 Å². The number of carbonyl (C=O) groups excluding carboxylic acids is 1. The molecule has 3 rings (SSSR count). The molecule has 1 amide bonds. The number of hydrogen-bond donors (Lipinski definition) is 1. The monoisotopic (exact) mass is 394 g/mol. The number of aryl methyl sites for hydroxylation is 2. The van der Waals surface area contributed by atoms with Gasteiger partial charge in [0.2, 0.25) is 11.8 Å². The highest BCUT2D eigenvalue weighted by atomic mass is 32.2. The van der Waals surface area contributed by atoms with Crippen LogP contribution in [0.3, 0.4) is 0 Å². The van der Waals surface area contributed by atoms with E-state index in [0.29, 0.717) is 27.2 Å². The predicted octanol–water partition coefficient (Wildman–Crippen LogP) is 2.96. The molecular weight excluding hydrogens is 380 g/mol. The topological polar surface area (TPSA) is 107 Å². The third-order valence-electron chi connectivity index (χ3n) is 2.74. The second-order valence-corrected chi connectivity index (χ2v) is 7.62. The van der Waals surface area contributed by atoms with E-state index < -0.39 is 0 Å². The fourth-order valence-electron chi connectivity index (χ4n) is 1.81. The molecule has 0 atom stereocenters. The van der Waals surface area contributed by atoms with Gasteiger partial charge in [-0.05, 0) is 19.9 Å². The molecule has 0 unspecified atom stereocenters. The first-order chi connectivity index (χ1) is 12.1. The Bertz CT molecular complexity index is 832. The van der Waals surface area contributed by atoms with Gasteiger partial charge >= 0.3 is 0 Å². The lowest BCUT2D eigenvalue weighted by Crippen LogP contribution is -2.13. The molecule has 3 aromatic heterocycles. The van der Waals surface area contributed by atoms with Crippen molar-refractivity contribution in [2.24, 2.45) is 0 Å². The summed E-state index contributed by atoms with van der Waals surface area (Å²) in [5.41, 5.74) is 1.84. The summed E-state index contributed by atoms with van der Waals surface area (Å²) < 4.78 is 5.52. The Morgan fingerprint density at radius 3 is 2.76 bits per heavy atom. The molecule has 0 saturated carbocycles. The fraction of sp³-hybridized carbons (Fsp3) is 0.286. The van der Waals surface area contributed by atoms with Gasteiger partial charge in [0, 0.05) is 23.0 Å². The fourth-order valence-corrected chi connectivity index (χ4v) is 3.72. The highest BCUT2D eigenvalue weighted by Gasteiger charge is 2.11. The number of carbonyl (C=O) groups is 1. The maximum absolute atomic E-state index is 11.8. The molecule has 130 valence electrons. The Labute approximate surface area is 156 Å².